The monoisotopic (exact) mass is 296 g/mol. The van der Waals surface area contributed by atoms with E-state index in [1.54, 1.807) is 12.1 Å². The van der Waals surface area contributed by atoms with E-state index in [1.165, 1.54) is 0 Å². The number of rotatable bonds is 4. The topological polar surface area (TPSA) is 71.2 Å². The second-order valence-corrected chi connectivity index (χ2v) is 5.76. The van der Waals surface area contributed by atoms with E-state index in [9.17, 15) is 4.79 Å². The number of halogens is 1. The number of nitrogens with two attached hydrogens (primary N) is 1. The molecule has 0 bridgehead atoms. The lowest BCUT2D eigenvalue weighted by Gasteiger charge is -2.26. The van der Waals surface area contributed by atoms with E-state index in [4.69, 9.17) is 17.4 Å². The van der Waals surface area contributed by atoms with Crippen LogP contribution in [-0.4, -0.2) is 28.9 Å². The number of amides is 1. The summed E-state index contributed by atoms with van der Waals surface area (Å²) in [6.07, 6.45) is 3.20. The van der Waals surface area contributed by atoms with Gasteiger partial charge in [0, 0.05) is 13.1 Å². The Hall–Kier alpha value is -1.33. The first-order chi connectivity index (χ1) is 9.55. The fourth-order valence-corrected chi connectivity index (χ4v) is 2.94. The summed E-state index contributed by atoms with van der Waals surface area (Å²) in [4.78, 5) is 18.6. The number of hydrazine groups is 1. The third-order valence-electron chi connectivity index (χ3n) is 4.42. The van der Waals surface area contributed by atoms with E-state index in [1.807, 2.05) is 4.90 Å². The molecule has 0 unspecified atom stereocenters. The second kappa shape index (κ2) is 5.97. The highest BCUT2D eigenvalue weighted by molar-refractivity contribution is 6.33. The molecule has 20 heavy (non-hydrogen) atoms. The van der Waals surface area contributed by atoms with Crippen molar-refractivity contribution < 1.29 is 4.79 Å². The molecule has 3 N–H and O–H groups in total. The predicted molar refractivity (Wildman–Crippen MR) is 80.6 cm³/mol. The van der Waals surface area contributed by atoms with Crippen molar-refractivity contribution in [2.24, 2.45) is 11.3 Å². The van der Waals surface area contributed by atoms with Gasteiger partial charge in [-0.3, -0.25) is 4.79 Å². The number of anilines is 1. The van der Waals surface area contributed by atoms with Crippen LogP contribution in [0, 0.1) is 5.41 Å². The van der Waals surface area contributed by atoms with Crippen molar-refractivity contribution >= 4 is 23.3 Å². The van der Waals surface area contributed by atoms with Crippen LogP contribution in [0.15, 0.2) is 12.1 Å². The fraction of sp³-hybridized carbons (Fsp3) is 0.571. The van der Waals surface area contributed by atoms with Crippen LogP contribution in [0.4, 0.5) is 5.82 Å². The van der Waals surface area contributed by atoms with Gasteiger partial charge in [-0.2, -0.15) is 0 Å². The number of nitrogens with zero attached hydrogens (tertiary/aromatic N) is 2. The number of carbonyl (C=O) groups is 1. The van der Waals surface area contributed by atoms with Gasteiger partial charge in [0.25, 0.3) is 5.91 Å². The lowest BCUT2D eigenvalue weighted by molar-refractivity contribution is 0.0764. The lowest BCUT2D eigenvalue weighted by atomic mass is 9.82. The van der Waals surface area contributed by atoms with Gasteiger partial charge in [0.1, 0.15) is 11.5 Å². The number of hydrogen-bond donors (Lipinski definition) is 2. The summed E-state index contributed by atoms with van der Waals surface area (Å²) in [5, 5.41) is 0.361. The van der Waals surface area contributed by atoms with Crippen LogP contribution in [0.5, 0.6) is 0 Å². The maximum Gasteiger partial charge on any atom is 0.274 e. The quantitative estimate of drug-likeness (QED) is 0.662. The molecule has 0 saturated carbocycles. The van der Waals surface area contributed by atoms with Crippen LogP contribution in [0.2, 0.25) is 5.02 Å². The molecule has 0 radical (unpaired) electrons. The Bertz CT molecular complexity index is 502. The number of aromatic nitrogens is 1. The maximum atomic E-state index is 12.6. The van der Waals surface area contributed by atoms with Crippen LogP contribution < -0.4 is 11.3 Å². The van der Waals surface area contributed by atoms with Crippen molar-refractivity contribution in [1.29, 1.82) is 0 Å². The Labute approximate surface area is 124 Å². The summed E-state index contributed by atoms with van der Waals surface area (Å²) in [6, 6.07) is 3.28. The zero-order valence-corrected chi connectivity index (χ0v) is 12.7. The van der Waals surface area contributed by atoms with Crippen molar-refractivity contribution in [3.05, 3.63) is 22.8 Å². The van der Waals surface area contributed by atoms with E-state index in [0.29, 0.717) is 10.8 Å². The van der Waals surface area contributed by atoms with Crippen molar-refractivity contribution in [1.82, 2.24) is 9.88 Å². The van der Waals surface area contributed by atoms with Gasteiger partial charge in [-0.15, -0.1) is 0 Å². The minimum Gasteiger partial charge on any atom is -0.337 e. The third kappa shape index (κ3) is 2.74. The highest BCUT2D eigenvalue weighted by Crippen LogP contribution is 2.37. The lowest BCUT2D eigenvalue weighted by Crippen LogP contribution is -2.32. The molecule has 0 aliphatic carbocycles. The van der Waals surface area contributed by atoms with Crippen LogP contribution in [-0.2, 0) is 0 Å². The number of hydrogen-bond acceptors (Lipinski definition) is 4. The normalized spacial score (nSPS) is 17.3. The number of pyridine rings is 1. The molecule has 2 heterocycles. The SMILES string of the molecule is CCC1(CC)CCN(C(=O)c2nc(NN)ccc2Cl)C1. The number of carbonyl (C=O) groups excluding carboxylic acids is 1. The molecule has 0 aromatic carbocycles. The van der Waals surface area contributed by atoms with E-state index in [0.717, 1.165) is 32.4 Å². The summed E-state index contributed by atoms with van der Waals surface area (Å²) in [5.41, 5.74) is 2.95. The highest BCUT2D eigenvalue weighted by atomic mass is 35.5. The second-order valence-electron chi connectivity index (χ2n) is 5.36. The Morgan fingerprint density at radius 1 is 1.50 bits per heavy atom. The molecule has 0 atom stereocenters. The molecule has 1 aliphatic rings. The molecule has 1 aliphatic heterocycles. The first-order valence-electron chi connectivity index (χ1n) is 6.97. The van der Waals surface area contributed by atoms with Crippen molar-refractivity contribution in [3.8, 4) is 0 Å². The molecule has 0 spiro atoms. The average Bonchev–Trinajstić information content (AvgIpc) is 2.92. The van der Waals surface area contributed by atoms with E-state index >= 15 is 0 Å². The minimum atomic E-state index is -0.115. The van der Waals surface area contributed by atoms with Gasteiger partial charge >= 0.3 is 0 Å². The maximum absolute atomic E-state index is 12.6. The number of likely N-dealkylation sites (tertiary alicyclic amines) is 1. The molecule has 2 rings (SSSR count). The Kier molecular flexibility index (Phi) is 4.50. The van der Waals surface area contributed by atoms with Gasteiger partial charge in [0.15, 0.2) is 0 Å². The van der Waals surface area contributed by atoms with Gasteiger partial charge in [-0.25, -0.2) is 10.8 Å². The minimum absolute atomic E-state index is 0.115. The molecule has 1 aromatic heterocycles. The largest absolute Gasteiger partial charge is 0.337 e. The Balaban J connectivity index is 2.21. The third-order valence-corrected chi connectivity index (χ3v) is 4.73. The number of nitrogen functional groups attached to an aromatic ring is 1. The summed E-state index contributed by atoms with van der Waals surface area (Å²) in [6.45, 7) is 5.90. The summed E-state index contributed by atoms with van der Waals surface area (Å²) < 4.78 is 0. The predicted octanol–water partition coefficient (Wildman–Crippen LogP) is 2.67. The zero-order valence-electron chi connectivity index (χ0n) is 11.9. The first kappa shape index (κ1) is 15.1. The van der Waals surface area contributed by atoms with Crippen molar-refractivity contribution in [3.63, 3.8) is 0 Å². The summed E-state index contributed by atoms with van der Waals surface area (Å²) >= 11 is 6.09. The Morgan fingerprint density at radius 3 is 2.75 bits per heavy atom. The molecule has 110 valence electrons. The van der Waals surface area contributed by atoms with Gasteiger partial charge in [-0.1, -0.05) is 25.4 Å². The van der Waals surface area contributed by atoms with Crippen molar-refractivity contribution in [2.45, 2.75) is 33.1 Å². The van der Waals surface area contributed by atoms with Crippen molar-refractivity contribution in [2.75, 3.05) is 18.5 Å². The molecular weight excluding hydrogens is 276 g/mol. The molecular formula is C14H21ClN4O. The van der Waals surface area contributed by atoms with Crippen LogP contribution >= 0.6 is 11.6 Å². The number of nitrogens with one attached hydrogen (secondary N) is 1. The standard InChI is InChI=1S/C14H21ClN4O/c1-3-14(4-2)7-8-19(9-14)13(20)12-10(15)5-6-11(17-12)18-16/h5-6H,3-4,7-9,16H2,1-2H3,(H,17,18). The van der Waals surface area contributed by atoms with Gasteiger partial charge in [0.2, 0.25) is 0 Å². The van der Waals surface area contributed by atoms with Crippen LogP contribution in [0.1, 0.15) is 43.6 Å². The fourth-order valence-electron chi connectivity index (χ4n) is 2.76. The smallest absolute Gasteiger partial charge is 0.274 e. The molecule has 5 nitrogen and oxygen atoms in total. The average molecular weight is 297 g/mol. The first-order valence-corrected chi connectivity index (χ1v) is 7.35. The highest BCUT2D eigenvalue weighted by Gasteiger charge is 2.38. The summed E-state index contributed by atoms with van der Waals surface area (Å²) in [7, 11) is 0. The van der Waals surface area contributed by atoms with Gasteiger partial charge in [-0.05, 0) is 36.8 Å². The van der Waals surface area contributed by atoms with Gasteiger partial charge in [0.05, 0.1) is 5.02 Å². The molecule has 6 heteroatoms. The summed E-state index contributed by atoms with van der Waals surface area (Å²) in [5.74, 6) is 5.65. The van der Waals surface area contributed by atoms with E-state index < -0.39 is 0 Å². The zero-order chi connectivity index (χ0) is 14.8. The van der Waals surface area contributed by atoms with E-state index in [2.05, 4.69) is 24.3 Å². The molecule has 1 aromatic rings. The van der Waals surface area contributed by atoms with Crippen LogP contribution in [0.25, 0.3) is 0 Å². The van der Waals surface area contributed by atoms with E-state index in [-0.39, 0.29) is 17.0 Å². The molecule has 1 saturated heterocycles. The molecule has 1 amide bonds. The Morgan fingerprint density at radius 2 is 2.20 bits per heavy atom. The molecule has 1 fully saturated rings. The van der Waals surface area contributed by atoms with Crippen LogP contribution in [0.3, 0.4) is 0 Å². The van der Waals surface area contributed by atoms with Gasteiger partial charge < -0.3 is 10.3 Å².